The van der Waals surface area contributed by atoms with Gasteiger partial charge in [-0.1, -0.05) is 0 Å². The van der Waals surface area contributed by atoms with Gasteiger partial charge in [-0.15, -0.1) is 0 Å². The average molecular weight is 178 g/mol. The first-order valence-electron chi connectivity index (χ1n) is 4.30. The van der Waals surface area contributed by atoms with Crippen molar-refractivity contribution in [2.24, 2.45) is 7.05 Å². The number of nitrogens with one attached hydrogen (secondary N) is 1. The number of hydrogen-bond acceptors (Lipinski definition) is 3. The van der Waals surface area contributed by atoms with E-state index in [4.69, 9.17) is 5.26 Å². The molecule has 1 rings (SSSR count). The van der Waals surface area contributed by atoms with Crippen LogP contribution in [-0.4, -0.2) is 15.8 Å². The van der Waals surface area contributed by atoms with E-state index in [0.29, 0.717) is 6.42 Å². The van der Waals surface area contributed by atoms with Crippen LogP contribution >= 0.6 is 0 Å². The monoisotopic (exact) mass is 178 g/mol. The minimum absolute atomic E-state index is 0.241. The molecule has 4 heteroatoms. The summed E-state index contributed by atoms with van der Waals surface area (Å²) >= 11 is 0. The summed E-state index contributed by atoms with van der Waals surface area (Å²) < 4.78 is 1.77. The Kier molecular flexibility index (Phi) is 3.47. The van der Waals surface area contributed by atoms with E-state index >= 15 is 0 Å². The summed E-state index contributed by atoms with van der Waals surface area (Å²) in [6.45, 7) is 2.77. The number of aryl methyl sites for hydroxylation is 1. The van der Waals surface area contributed by atoms with Crippen LogP contribution in [0.15, 0.2) is 12.4 Å². The maximum Gasteiger partial charge on any atom is 0.0638 e. The number of rotatable bonds is 4. The van der Waals surface area contributed by atoms with Crippen molar-refractivity contribution < 1.29 is 0 Å². The molecule has 0 aliphatic rings. The fraction of sp³-hybridized carbons (Fsp3) is 0.556. The van der Waals surface area contributed by atoms with Gasteiger partial charge in [0.25, 0.3) is 0 Å². The van der Waals surface area contributed by atoms with Gasteiger partial charge in [-0.2, -0.15) is 10.4 Å². The second-order valence-corrected chi connectivity index (χ2v) is 3.17. The zero-order chi connectivity index (χ0) is 9.68. The standard InChI is InChI=1S/C9H14N4/c1-8(3-4-10)11-5-9-6-12-13(2)7-9/h6-8,11H,3,5H2,1-2H3. The van der Waals surface area contributed by atoms with Gasteiger partial charge in [0.05, 0.1) is 18.7 Å². The van der Waals surface area contributed by atoms with Crippen LogP contribution in [0.1, 0.15) is 18.9 Å². The maximum absolute atomic E-state index is 8.43. The van der Waals surface area contributed by atoms with Crippen LogP contribution in [0.3, 0.4) is 0 Å². The maximum atomic E-state index is 8.43. The third kappa shape index (κ3) is 3.26. The molecule has 0 amide bonds. The molecule has 1 unspecified atom stereocenters. The highest BCUT2D eigenvalue weighted by Gasteiger charge is 2.00. The molecule has 0 aromatic carbocycles. The van der Waals surface area contributed by atoms with Gasteiger partial charge in [0.1, 0.15) is 0 Å². The second-order valence-electron chi connectivity index (χ2n) is 3.17. The zero-order valence-electron chi connectivity index (χ0n) is 7.99. The van der Waals surface area contributed by atoms with Gasteiger partial charge in [0, 0.05) is 31.4 Å². The number of nitrogens with zero attached hydrogens (tertiary/aromatic N) is 3. The molecule has 0 aliphatic heterocycles. The fourth-order valence-electron chi connectivity index (χ4n) is 1.06. The van der Waals surface area contributed by atoms with Gasteiger partial charge in [0.2, 0.25) is 0 Å². The Balaban J connectivity index is 2.31. The third-order valence-corrected chi connectivity index (χ3v) is 1.81. The van der Waals surface area contributed by atoms with E-state index in [-0.39, 0.29) is 6.04 Å². The molecule has 0 aliphatic carbocycles. The van der Waals surface area contributed by atoms with Gasteiger partial charge in [0.15, 0.2) is 0 Å². The molecule has 0 fully saturated rings. The lowest BCUT2D eigenvalue weighted by molar-refractivity contribution is 0.557. The van der Waals surface area contributed by atoms with E-state index in [0.717, 1.165) is 12.1 Å². The predicted molar refractivity (Wildman–Crippen MR) is 49.7 cm³/mol. The summed E-state index contributed by atoms with van der Waals surface area (Å²) in [5, 5.41) is 15.7. The summed E-state index contributed by atoms with van der Waals surface area (Å²) in [5.41, 5.74) is 1.15. The van der Waals surface area contributed by atoms with Crippen molar-refractivity contribution in [1.82, 2.24) is 15.1 Å². The van der Waals surface area contributed by atoms with Gasteiger partial charge >= 0.3 is 0 Å². The molecule has 4 nitrogen and oxygen atoms in total. The van der Waals surface area contributed by atoms with E-state index < -0.39 is 0 Å². The molecule has 0 bridgehead atoms. The van der Waals surface area contributed by atoms with Gasteiger partial charge in [-0.05, 0) is 6.92 Å². The molecule has 0 saturated carbocycles. The van der Waals surface area contributed by atoms with Crippen LogP contribution in [-0.2, 0) is 13.6 Å². The Morgan fingerprint density at radius 2 is 2.54 bits per heavy atom. The van der Waals surface area contributed by atoms with E-state index in [1.807, 2.05) is 26.4 Å². The van der Waals surface area contributed by atoms with E-state index in [1.165, 1.54) is 0 Å². The number of aromatic nitrogens is 2. The molecule has 1 atom stereocenters. The van der Waals surface area contributed by atoms with Crippen molar-refractivity contribution >= 4 is 0 Å². The summed E-state index contributed by atoms with van der Waals surface area (Å²) in [4.78, 5) is 0. The molecule has 1 heterocycles. The number of nitriles is 1. The topological polar surface area (TPSA) is 53.6 Å². The lowest BCUT2D eigenvalue weighted by atomic mass is 10.2. The normalized spacial score (nSPS) is 12.4. The summed E-state index contributed by atoms with van der Waals surface area (Å²) in [7, 11) is 1.89. The van der Waals surface area contributed by atoms with Crippen molar-refractivity contribution in [2.45, 2.75) is 25.9 Å². The second kappa shape index (κ2) is 4.63. The van der Waals surface area contributed by atoms with Crippen LogP contribution in [0.25, 0.3) is 0 Å². The van der Waals surface area contributed by atoms with E-state index in [9.17, 15) is 0 Å². The highest BCUT2D eigenvalue weighted by atomic mass is 15.2. The highest BCUT2D eigenvalue weighted by Crippen LogP contribution is 1.97. The Morgan fingerprint density at radius 1 is 1.77 bits per heavy atom. The smallest absolute Gasteiger partial charge is 0.0638 e. The Labute approximate surface area is 78.2 Å². The lowest BCUT2D eigenvalue weighted by Gasteiger charge is -2.07. The van der Waals surface area contributed by atoms with Crippen LogP contribution in [0.2, 0.25) is 0 Å². The molecule has 1 aromatic rings. The van der Waals surface area contributed by atoms with Crippen LogP contribution in [0.4, 0.5) is 0 Å². The zero-order valence-corrected chi connectivity index (χ0v) is 7.99. The van der Waals surface area contributed by atoms with Crippen molar-refractivity contribution in [3.8, 4) is 6.07 Å². The van der Waals surface area contributed by atoms with Crippen LogP contribution in [0, 0.1) is 11.3 Å². The molecule has 13 heavy (non-hydrogen) atoms. The Morgan fingerprint density at radius 3 is 3.08 bits per heavy atom. The first-order valence-corrected chi connectivity index (χ1v) is 4.30. The quantitative estimate of drug-likeness (QED) is 0.742. The predicted octanol–water partition coefficient (Wildman–Crippen LogP) is 0.812. The van der Waals surface area contributed by atoms with Crippen LogP contribution < -0.4 is 5.32 Å². The summed E-state index contributed by atoms with van der Waals surface area (Å²) in [6.07, 6.45) is 4.33. The summed E-state index contributed by atoms with van der Waals surface area (Å²) in [6, 6.07) is 2.37. The fourth-order valence-corrected chi connectivity index (χ4v) is 1.06. The highest BCUT2D eigenvalue weighted by molar-refractivity contribution is 5.03. The van der Waals surface area contributed by atoms with Gasteiger partial charge in [-0.25, -0.2) is 0 Å². The molecule has 1 aromatic heterocycles. The van der Waals surface area contributed by atoms with Crippen molar-refractivity contribution in [3.05, 3.63) is 18.0 Å². The molecular formula is C9H14N4. The van der Waals surface area contributed by atoms with E-state index in [1.54, 1.807) is 4.68 Å². The first kappa shape index (κ1) is 9.75. The molecule has 0 spiro atoms. The van der Waals surface area contributed by atoms with E-state index in [2.05, 4.69) is 16.5 Å². The molecular weight excluding hydrogens is 164 g/mol. The van der Waals surface area contributed by atoms with Gasteiger partial charge < -0.3 is 5.32 Å². The molecule has 70 valence electrons. The lowest BCUT2D eigenvalue weighted by Crippen LogP contribution is -2.24. The Bertz CT molecular complexity index is 297. The molecule has 0 radical (unpaired) electrons. The van der Waals surface area contributed by atoms with Crippen molar-refractivity contribution in [2.75, 3.05) is 0 Å². The largest absolute Gasteiger partial charge is 0.309 e. The van der Waals surface area contributed by atoms with Crippen molar-refractivity contribution in [1.29, 1.82) is 5.26 Å². The SMILES string of the molecule is CC(CC#N)NCc1cnn(C)c1. The molecule has 0 saturated heterocycles. The number of hydrogen-bond donors (Lipinski definition) is 1. The van der Waals surface area contributed by atoms with Crippen LogP contribution in [0.5, 0.6) is 0 Å². The minimum Gasteiger partial charge on any atom is -0.309 e. The third-order valence-electron chi connectivity index (χ3n) is 1.81. The summed E-state index contributed by atoms with van der Waals surface area (Å²) in [5.74, 6) is 0. The first-order chi connectivity index (χ1) is 6.22. The molecule has 1 N–H and O–H groups in total. The average Bonchev–Trinajstić information content (AvgIpc) is 2.49. The van der Waals surface area contributed by atoms with Crippen molar-refractivity contribution in [3.63, 3.8) is 0 Å². The van der Waals surface area contributed by atoms with Gasteiger partial charge in [-0.3, -0.25) is 4.68 Å². The Hall–Kier alpha value is -1.34. The minimum atomic E-state index is 0.241.